The van der Waals surface area contributed by atoms with E-state index in [9.17, 15) is 8.42 Å². The Morgan fingerprint density at radius 2 is 1.92 bits per heavy atom. The second-order valence-electron chi connectivity index (χ2n) is 7.31. The Balaban J connectivity index is 1.56. The molecular formula is C18H27ClN2O2S. The van der Waals surface area contributed by atoms with Crippen LogP contribution in [0.5, 0.6) is 0 Å². The summed E-state index contributed by atoms with van der Waals surface area (Å²) in [5.41, 5.74) is 0. The molecule has 1 atom stereocenters. The largest absolute Gasteiger partial charge is 0.303 e. The predicted octanol–water partition coefficient (Wildman–Crippen LogP) is 3.47. The topological polar surface area (TPSA) is 40.6 Å². The first-order chi connectivity index (χ1) is 11.4. The third-order valence-electron chi connectivity index (χ3n) is 5.26. The van der Waals surface area contributed by atoms with E-state index in [1.807, 2.05) is 0 Å². The molecule has 24 heavy (non-hydrogen) atoms. The monoisotopic (exact) mass is 370 g/mol. The molecule has 6 heteroatoms. The van der Waals surface area contributed by atoms with Crippen molar-refractivity contribution in [1.82, 2.24) is 9.21 Å². The van der Waals surface area contributed by atoms with E-state index < -0.39 is 10.0 Å². The summed E-state index contributed by atoms with van der Waals surface area (Å²) < 4.78 is 27.1. The van der Waals surface area contributed by atoms with Gasteiger partial charge in [0.2, 0.25) is 10.0 Å². The number of nitrogens with zero attached hydrogens (tertiary/aromatic N) is 2. The average molecular weight is 371 g/mol. The smallest absolute Gasteiger partial charge is 0.243 e. The van der Waals surface area contributed by atoms with Crippen molar-refractivity contribution in [3.8, 4) is 0 Å². The third-order valence-corrected chi connectivity index (χ3v) is 7.39. The summed E-state index contributed by atoms with van der Waals surface area (Å²) in [6.07, 6.45) is 4.53. The SMILES string of the molecule is CC1CCCN(CC2CCN(S(=O)(=O)c3cccc(Cl)c3)CC2)C1. The maximum absolute atomic E-state index is 12.7. The van der Waals surface area contributed by atoms with Crippen molar-refractivity contribution in [2.24, 2.45) is 11.8 Å². The fourth-order valence-electron chi connectivity index (χ4n) is 3.93. The maximum Gasteiger partial charge on any atom is 0.243 e. The van der Waals surface area contributed by atoms with E-state index in [1.165, 1.54) is 32.0 Å². The molecule has 0 aromatic heterocycles. The second-order valence-corrected chi connectivity index (χ2v) is 9.69. The highest BCUT2D eigenvalue weighted by Gasteiger charge is 2.30. The molecule has 0 radical (unpaired) electrons. The Kier molecular flexibility index (Phi) is 5.85. The Hall–Kier alpha value is -0.620. The molecule has 1 unspecified atom stereocenters. The summed E-state index contributed by atoms with van der Waals surface area (Å²) in [5, 5.41) is 0.463. The van der Waals surface area contributed by atoms with Crippen LogP contribution >= 0.6 is 11.6 Å². The van der Waals surface area contributed by atoms with Gasteiger partial charge in [-0.25, -0.2) is 8.42 Å². The van der Waals surface area contributed by atoms with Gasteiger partial charge in [0, 0.05) is 31.2 Å². The van der Waals surface area contributed by atoms with E-state index in [1.54, 1.807) is 22.5 Å². The molecule has 2 aliphatic rings. The molecule has 1 aromatic rings. The number of sulfonamides is 1. The van der Waals surface area contributed by atoms with Crippen molar-refractivity contribution in [3.05, 3.63) is 29.3 Å². The first-order valence-corrected chi connectivity index (χ1v) is 10.7. The Morgan fingerprint density at radius 1 is 1.17 bits per heavy atom. The molecule has 2 aliphatic heterocycles. The molecule has 2 fully saturated rings. The minimum absolute atomic E-state index is 0.304. The van der Waals surface area contributed by atoms with Crippen LogP contribution in [0.1, 0.15) is 32.6 Å². The lowest BCUT2D eigenvalue weighted by Gasteiger charge is -2.37. The van der Waals surface area contributed by atoms with Crippen molar-refractivity contribution < 1.29 is 8.42 Å². The van der Waals surface area contributed by atoms with Crippen LogP contribution in [0.4, 0.5) is 0 Å². The zero-order valence-electron chi connectivity index (χ0n) is 14.3. The van der Waals surface area contributed by atoms with E-state index in [2.05, 4.69) is 11.8 Å². The Morgan fingerprint density at radius 3 is 2.58 bits per heavy atom. The van der Waals surface area contributed by atoms with Gasteiger partial charge in [-0.3, -0.25) is 0 Å². The van der Waals surface area contributed by atoms with Crippen molar-refractivity contribution in [3.63, 3.8) is 0 Å². The summed E-state index contributed by atoms with van der Waals surface area (Å²) in [6, 6.07) is 6.56. The van der Waals surface area contributed by atoms with E-state index in [0.717, 1.165) is 25.3 Å². The first kappa shape index (κ1) is 18.2. The minimum Gasteiger partial charge on any atom is -0.303 e. The molecule has 4 nitrogen and oxygen atoms in total. The number of hydrogen-bond donors (Lipinski definition) is 0. The van der Waals surface area contributed by atoms with Crippen molar-refractivity contribution in [2.45, 2.75) is 37.5 Å². The molecule has 2 saturated heterocycles. The highest BCUT2D eigenvalue weighted by atomic mass is 35.5. The van der Waals surface area contributed by atoms with Gasteiger partial charge in [-0.05, 0) is 62.3 Å². The van der Waals surface area contributed by atoms with Crippen LogP contribution in [0.3, 0.4) is 0 Å². The number of piperidine rings is 2. The molecule has 0 bridgehead atoms. The number of hydrogen-bond acceptors (Lipinski definition) is 3. The standard InChI is InChI=1S/C18H27ClN2O2S/c1-15-4-3-9-20(13-15)14-16-7-10-21(11-8-16)24(22,23)18-6-2-5-17(19)12-18/h2,5-6,12,15-16H,3-4,7-11,13-14H2,1H3. The average Bonchev–Trinajstić information content (AvgIpc) is 2.55. The maximum atomic E-state index is 12.7. The summed E-state index contributed by atoms with van der Waals surface area (Å²) in [4.78, 5) is 2.87. The van der Waals surface area contributed by atoms with Crippen molar-refractivity contribution >= 4 is 21.6 Å². The van der Waals surface area contributed by atoms with Gasteiger partial charge in [0.15, 0.2) is 0 Å². The van der Waals surface area contributed by atoms with E-state index in [4.69, 9.17) is 11.6 Å². The zero-order valence-corrected chi connectivity index (χ0v) is 15.9. The van der Waals surface area contributed by atoms with Crippen molar-refractivity contribution in [2.75, 3.05) is 32.7 Å². The number of rotatable bonds is 4. The zero-order chi connectivity index (χ0) is 17.2. The van der Waals surface area contributed by atoms with Crippen LogP contribution < -0.4 is 0 Å². The lowest BCUT2D eigenvalue weighted by atomic mass is 9.94. The van der Waals surface area contributed by atoms with Crippen molar-refractivity contribution in [1.29, 1.82) is 0 Å². The summed E-state index contributed by atoms with van der Waals surface area (Å²) >= 11 is 5.94. The number of halogens is 1. The van der Waals surface area contributed by atoms with Gasteiger partial charge in [0.1, 0.15) is 0 Å². The van der Waals surface area contributed by atoms with Crippen LogP contribution in [0.15, 0.2) is 29.2 Å². The molecule has 134 valence electrons. The van der Waals surface area contributed by atoms with Gasteiger partial charge < -0.3 is 4.90 Å². The molecule has 0 aliphatic carbocycles. The van der Waals surface area contributed by atoms with Gasteiger partial charge in [-0.1, -0.05) is 24.6 Å². The highest BCUT2D eigenvalue weighted by Crippen LogP contribution is 2.27. The van der Waals surface area contributed by atoms with Gasteiger partial charge in [-0.2, -0.15) is 4.31 Å². The van der Waals surface area contributed by atoms with E-state index in [0.29, 0.717) is 28.9 Å². The quantitative estimate of drug-likeness (QED) is 0.814. The van der Waals surface area contributed by atoms with Crippen LogP contribution in [0.2, 0.25) is 5.02 Å². The highest BCUT2D eigenvalue weighted by molar-refractivity contribution is 7.89. The third kappa shape index (κ3) is 4.31. The fraction of sp³-hybridized carbons (Fsp3) is 0.667. The van der Waals surface area contributed by atoms with Crippen LogP contribution in [-0.4, -0.2) is 50.3 Å². The molecule has 0 amide bonds. The van der Waals surface area contributed by atoms with Crippen LogP contribution in [0, 0.1) is 11.8 Å². The van der Waals surface area contributed by atoms with Gasteiger partial charge in [0.05, 0.1) is 4.90 Å². The number of likely N-dealkylation sites (tertiary alicyclic amines) is 1. The molecule has 0 saturated carbocycles. The lowest BCUT2D eigenvalue weighted by Crippen LogP contribution is -2.43. The first-order valence-electron chi connectivity index (χ1n) is 8.93. The van der Waals surface area contributed by atoms with Gasteiger partial charge in [-0.15, -0.1) is 0 Å². The summed E-state index contributed by atoms with van der Waals surface area (Å²) in [6.45, 7) is 7.07. The summed E-state index contributed by atoms with van der Waals surface area (Å²) in [7, 11) is -3.41. The van der Waals surface area contributed by atoms with Gasteiger partial charge >= 0.3 is 0 Å². The Bertz CT molecular complexity index is 657. The van der Waals surface area contributed by atoms with Crippen LogP contribution in [-0.2, 0) is 10.0 Å². The molecule has 2 heterocycles. The number of benzene rings is 1. The van der Waals surface area contributed by atoms with E-state index >= 15 is 0 Å². The van der Waals surface area contributed by atoms with E-state index in [-0.39, 0.29) is 0 Å². The molecule has 3 rings (SSSR count). The minimum atomic E-state index is -3.41. The molecule has 0 N–H and O–H groups in total. The Labute approximate surface area is 150 Å². The molecule has 0 spiro atoms. The molecule has 1 aromatic carbocycles. The summed E-state index contributed by atoms with van der Waals surface area (Å²) in [5.74, 6) is 1.41. The van der Waals surface area contributed by atoms with Crippen LogP contribution in [0.25, 0.3) is 0 Å². The predicted molar refractivity (Wildman–Crippen MR) is 97.8 cm³/mol. The molecular weight excluding hydrogens is 344 g/mol. The normalized spacial score (nSPS) is 25.0. The second kappa shape index (κ2) is 7.73. The van der Waals surface area contributed by atoms with Gasteiger partial charge in [0.25, 0.3) is 0 Å². The lowest BCUT2D eigenvalue weighted by molar-refractivity contribution is 0.136. The fourth-order valence-corrected chi connectivity index (χ4v) is 5.70.